The lowest BCUT2D eigenvalue weighted by Crippen LogP contribution is -2.35. The summed E-state index contributed by atoms with van der Waals surface area (Å²) in [5.41, 5.74) is 6.18. The second kappa shape index (κ2) is 10.9. The molecule has 11 rings (SSSR count). The second-order valence-electron chi connectivity index (χ2n) is 13.7. The van der Waals surface area contributed by atoms with Crippen LogP contribution in [0.1, 0.15) is 0 Å². The number of nitrogens with zero attached hydrogens (tertiary/aromatic N) is 3. The van der Waals surface area contributed by atoms with Crippen LogP contribution in [0.3, 0.4) is 0 Å². The van der Waals surface area contributed by atoms with Gasteiger partial charge in [-0.15, -0.1) is 0 Å². The fourth-order valence-corrected chi connectivity index (χ4v) is 8.85. The lowest BCUT2D eigenvalue weighted by Gasteiger charge is -2.18. The zero-order valence-corrected chi connectivity index (χ0v) is 28.8. The van der Waals surface area contributed by atoms with Gasteiger partial charge in [-0.2, -0.15) is 0 Å². The molecule has 11 aromatic rings. The molecule has 53 heavy (non-hydrogen) atoms. The Bertz CT molecular complexity index is 3410. The molecule has 0 aliphatic carbocycles. The molecular formula is C47H31N5O. The summed E-state index contributed by atoms with van der Waals surface area (Å²) < 4.78 is 6.08. The average Bonchev–Trinajstić information content (AvgIpc) is 3.75. The summed E-state index contributed by atoms with van der Waals surface area (Å²) in [6, 6.07) is 54.8. The third kappa shape index (κ3) is 3.92. The minimum Gasteiger partial charge on any atom is -0.359 e. The maximum absolute atomic E-state index is 15.6. The first-order valence-corrected chi connectivity index (χ1v) is 17.8. The van der Waals surface area contributed by atoms with E-state index in [4.69, 9.17) is 0 Å². The molecule has 3 aromatic heterocycles. The molecule has 8 aromatic carbocycles. The van der Waals surface area contributed by atoms with Gasteiger partial charge >= 0.3 is 0 Å². The molecule has 0 bridgehead atoms. The lowest BCUT2D eigenvalue weighted by molar-refractivity contribution is 0.988. The highest BCUT2D eigenvalue weighted by Crippen LogP contribution is 2.44. The van der Waals surface area contributed by atoms with Crippen molar-refractivity contribution in [2.45, 2.75) is 0 Å². The van der Waals surface area contributed by atoms with Crippen molar-refractivity contribution in [3.05, 3.63) is 168 Å². The summed E-state index contributed by atoms with van der Waals surface area (Å²) in [4.78, 5) is 15.6. The first-order chi connectivity index (χ1) is 26.1. The van der Waals surface area contributed by atoms with Crippen molar-refractivity contribution in [1.29, 1.82) is 5.41 Å². The first kappa shape index (κ1) is 29.5. The van der Waals surface area contributed by atoms with Crippen LogP contribution in [0.5, 0.6) is 0 Å². The van der Waals surface area contributed by atoms with Crippen molar-refractivity contribution in [2.24, 2.45) is 0 Å². The summed E-state index contributed by atoms with van der Waals surface area (Å²) in [5.74, 6) is 0.00829. The van der Waals surface area contributed by atoms with Gasteiger partial charge in [-0.05, 0) is 63.3 Å². The largest absolute Gasteiger partial charge is 0.359 e. The summed E-state index contributed by atoms with van der Waals surface area (Å²) in [5, 5.41) is 23.5. The molecule has 0 radical (unpaired) electrons. The summed E-state index contributed by atoms with van der Waals surface area (Å²) in [7, 11) is 1.71. The van der Waals surface area contributed by atoms with Crippen molar-refractivity contribution in [2.75, 3.05) is 7.05 Å². The van der Waals surface area contributed by atoms with Gasteiger partial charge in [0.25, 0.3) is 5.56 Å². The van der Waals surface area contributed by atoms with E-state index in [0.29, 0.717) is 10.9 Å². The Morgan fingerprint density at radius 2 is 0.925 bits per heavy atom. The summed E-state index contributed by atoms with van der Waals surface area (Å²) >= 11 is 0. The van der Waals surface area contributed by atoms with Gasteiger partial charge in [0.15, 0.2) is 0 Å². The molecule has 0 saturated heterocycles. The maximum atomic E-state index is 15.6. The molecule has 0 aliphatic heterocycles. The molecule has 0 atom stereocenters. The molecule has 0 amide bonds. The molecule has 2 N–H and O–H groups in total. The summed E-state index contributed by atoms with van der Waals surface area (Å²) in [6.45, 7) is 0. The molecule has 250 valence electrons. The molecule has 6 nitrogen and oxygen atoms in total. The zero-order chi connectivity index (χ0) is 35.4. The molecule has 0 spiro atoms. The minimum atomic E-state index is -0.246. The van der Waals surface area contributed by atoms with Gasteiger partial charge in [0.05, 0.1) is 33.0 Å². The minimum absolute atomic E-state index is 0.00829. The lowest BCUT2D eigenvalue weighted by atomic mass is 9.98. The van der Waals surface area contributed by atoms with Gasteiger partial charge in [-0.3, -0.25) is 10.2 Å². The van der Waals surface area contributed by atoms with Crippen molar-refractivity contribution >= 4 is 92.8 Å². The van der Waals surface area contributed by atoms with Crippen molar-refractivity contribution in [3.8, 4) is 11.4 Å². The van der Waals surface area contributed by atoms with E-state index in [-0.39, 0.29) is 11.5 Å². The maximum Gasteiger partial charge on any atom is 0.268 e. The van der Waals surface area contributed by atoms with Crippen LogP contribution in [0, 0.1) is 5.41 Å². The molecule has 0 aliphatic rings. The van der Waals surface area contributed by atoms with E-state index in [1.165, 1.54) is 0 Å². The highest BCUT2D eigenvalue weighted by Gasteiger charge is 2.26. The SMILES string of the molecule is CNC(=N)n1c(=O)c2c(ccc3c4c5ccccc5ccc4n(-c4ccccc4)c32)c2ccc3c4c5ccccc5ccc4n(-c4ccccc4)c3c21. The Kier molecular flexibility index (Phi) is 6.08. The van der Waals surface area contributed by atoms with Gasteiger partial charge in [-0.1, -0.05) is 121 Å². The van der Waals surface area contributed by atoms with Gasteiger partial charge < -0.3 is 14.5 Å². The third-order valence-electron chi connectivity index (χ3n) is 11.0. The van der Waals surface area contributed by atoms with Crippen LogP contribution in [0.25, 0.3) is 98.2 Å². The second-order valence-corrected chi connectivity index (χ2v) is 13.7. The van der Waals surface area contributed by atoms with Crippen molar-refractivity contribution in [3.63, 3.8) is 0 Å². The monoisotopic (exact) mass is 681 g/mol. The Morgan fingerprint density at radius 3 is 1.49 bits per heavy atom. The quantitative estimate of drug-likeness (QED) is 0.108. The van der Waals surface area contributed by atoms with E-state index in [1.54, 1.807) is 11.6 Å². The molecule has 3 heterocycles. The fourth-order valence-electron chi connectivity index (χ4n) is 8.85. The number of benzene rings is 8. The predicted octanol–water partition coefficient (Wildman–Crippen LogP) is 10.7. The number of hydrogen-bond donors (Lipinski definition) is 2. The molecule has 0 fully saturated rings. The normalized spacial score (nSPS) is 12.0. The molecule has 6 heteroatoms. The standard InChI is InChI=1S/C47H31N5O/c1-49-47(48)52-44-35(23-25-37-41-33-19-11-9-13-29(33)21-27-39(41)51(45(37)44)31-16-6-3-7-17-31)34-22-24-36-40-32-18-10-8-12-28(32)20-26-38(40)50(30-14-4-2-5-15-30)43(36)42(34)46(52)53/h2-27H,1H3,(H2,48,49). The smallest absolute Gasteiger partial charge is 0.268 e. The average molecular weight is 682 g/mol. The van der Waals surface area contributed by atoms with Crippen LogP contribution >= 0.6 is 0 Å². The first-order valence-electron chi connectivity index (χ1n) is 17.8. The van der Waals surface area contributed by atoms with Crippen molar-refractivity contribution in [1.82, 2.24) is 19.0 Å². The van der Waals surface area contributed by atoms with E-state index >= 15 is 4.79 Å². The third-order valence-corrected chi connectivity index (χ3v) is 11.0. The Labute approximate surface area is 302 Å². The van der Waals surface area contributed by atoms with E-state index < -0.39 is 0 Å². The number of hydrogen-bond acceptors (Lipinski definition) is 2. The predicted molar refractivity (Wildman–Crippen MR) is 222 cm³/mol. The number of rotatable bonds is 2. The molecule has 0 unspecified atom stereocenters. The highest BCUT2D eigenvalue weighted by atomic mass is 16.1. The summed E-state index contributed by atoms with van der Waals surface area (Å²) in [6.07, 6.45) is 0. The van der Waals surface area contributed by atoms with Crippen LogP contribution < -0.4 is 10.9 Å². The van der Waals surface area contributed by atoms with Gasteiger partial charge in [0, 0.05) is 45.4 Å². The Hall–Kier alpha value is -7.18. The van der Waals surface area contributed by atoms with Gasteiger partial charge in [0.1, 0.15) is 0 Å². The number of pyridine rings is 1. The number of para-hydroxylation sites is 2. The topological polar surface area (TPSA) is 67.7 Å². The van der Waals surface area contributed by atoms with Crippen molar-refractivity contribution < 1.29 is 0 Å². The van der Waals surface area contributed by atoms with Crippen LogP contribution in [-0.4, -0.2) is 26.7 Å². The van der Waals surface area contributed by atoms with E-state index in [0.717, 1.165) is 87.3 Å². The van der Waals surface area contributed by atoms with Crippen LogP contribution in [-0.2, 0) is 0 Å². The van der Waals surface area contributed by atoms with Gasteiger partial charge in [-0.25, -0.2) is 4.57 Å². The number of aromatic nitrogens is 3. The number of nitrogens with one attached hydrogen (secondary N) is 2. The van der Waals surface area contributed by atoms with Gasteiger partial charge in [0.2, 0.25) is 5.96 Å². The molecular weight excluding hydrogens is 651 g/mol. The van der Waals surface area contributed by atoms with Crippen LogP contribution in [0.2, 0.25) is 0 Å². The Morgan fingerprint density at radius 1 is 0.453 bits per heavy atom. The van der Waals surface area contributed by atoms with Crippen LogP contribution in [0.15, 0.2) is 163 Å². The number of fused-ring (bicyclic) bond motifs is 15. The van der Waals surface area contributed by atoms with E-state index in [1.807, 2.05) is 36.4 Å². The Balaban J connectivity index is 1.42. The van der Waals surface area contributed by atoms with Crippen LogP contribution in [0.4, 0.5) is 0 Å². The molecule has 0 saturated carbocycles. The zero-order valence-electron chi connectivity index (χ0n) is 28.8. The fraction of sp³-hybridized carbons (Fsp3) is 0.0213. The van der Waals surface area contributed by atoms with E-state index in [2.05, 4.69) is 136 Å². The highest BCUT2D eigenvalue weighted by molar-refractivity contribution is 6.31. The van der Waals surface area contributed by atoms with E-state index in [9.17, 15) is 5.41 Å².